The van der Waals surface area contributed by atoms with Gasteiger partial charge in [0.25, 0.3) is 0 Å². The molecule has 1 aromatic rings. The molecule has 0 aliphatic carbocycles. The van der Waals surface area contributed by atoms with E-state index >= 15 is 0 Å². The smallest absolute Gasteiger partial charge is 0.305 e. The molecule has 6 heteroatoms. The fourth-order valence-corrected chi connectivity index (χ4v) is 3.12. The van der Waals surface area contributed by atoms with E-state index in [9.17, 15) is 4.79 Å². The number of carbonyl (C=O) groups is 1. The summed E-state index contributed by atoms with van der Waals surface area (Å²) in [5.74, 6) is 0.395. The number of halogens is 1. The Hall–Kier alpha value is -1.46. The maximum atomic E-state index is 10.9. The van der Waals surface area contributed by atoms with Crippen molar-refractivity contribution in [2.75, 3.05) is 13.2 Å². The molecule has 1 atom stereocenters. The van der Waals surface area contributed by atoms with Crippen molar-refractivity contribution in [3.05, 3.63) is 21.7 Å². The first-order valence-corrected chi connectivity index (χ1v) is 6.57. The van der Waals surface area contributed by atoms with Crippen LogP contribution in [0.5, 0.6) is 11.5 Å². The number of hydrogen-bond donors (Lipinski definition) is 2. The molecule has 19 heavy (non-hydrogen) atoms. The predicted octanol–water partition coefficient (Wildman–Crippen LogP) is 1.68. The van der Waals surface area contributed by atoms with Gasteiger partial charge in [-0.15, -0.1) is 0 Å². The third kappa shape index (κ3) is 1.93. The van der Waals surface area contributed by atoms with Gasteiger partial charge in [-0.2, -0.15) is 0 Å². The van der Waals surface area contributed by atoms with Crippen molar-refractivity contribution in [3.8, 4) is 11.5 Å². The van der Waals surface area contributed by atoms with Crippen LogP contribution in [0.4, 0.5) is 0 Å². The van der Waals surface area contributed by atoms with E-state index in [2.05, 4.69) is 0 Å². The van der Waals surface area contributed by atoms with Crippen molar-refractivity contribution in [1.82, 2.24) is 0 Å². The van der Waals surface area contributed by atoms with E-state index in [-0.39, 0.29) is 6.42 Å². The Labute approximate surface area is 115 Å². The average Bonchev–Trinajstić information content (AvgIpc) is 2.96. The minimum atomic E-state index is -0.929. The second-order valence-corrected chi connectivity index (χ2v) is 5.12. The Morgan fingerprint density at radius 3 is 2.58 bits per heavy atom. The number of carboxylic acids is 1. The standard InChI is InChI=1S/C13H14ClNO4/c14-11-7-2-4-18-12(7)10(8(15)5-9(16)17)6-1-3-19-13(6)11/h8H,1-5,15H2,(H,16,17). The maximum absolute atomic E-state index is 10.9. The quantitative estimate of drug-likeness (QED) is 0.882. The molecule has 2 aliphatic heterocycles. The number of carboxylic acid groups (broad SMARTS) is 1. The molecule has 1 aromatic carbocycles. The third-order valence-corrected chi connectivity index (χ3v) is 3.94. The Morgan fingerprint density at radius 1 is 1.26 bits per heavy atom. The van der Waals surface area contributed by atoms with Gasteiger partial charge in [-0.3, -0.25) is 4.79 Å². The van der Waals surface area contributed by atoms with Crippen LogP contribution < -0.4 is 15.2 Å². The van der Waals surface area contributed by atoms with E-state index in [1.807, 2.05) is 0 Å². The first-order valence-electron chi connectivity index (χ1n) is 6.19. The van der Waals surface area contributed by atoms with Crippen LogP contribution in [-0.4, -0.2) is 24.3 Å². The highest BCUT2D eigenvalue weighted by molar-refractivity contribution is 6.33. The van der Waals surface area contributed by atoms with Gasteiger partial charge in [-0.05, 0) is 0 Å². The lowest BCUT2D eigenvalue weighted by Gasteiger charge is -2.18. The normalized spacial score (nSPS) is 17.4. The van der Waals surface area contributed by atoms with Crippen LogP contribution >= 0.6 is 11.6 Å². The largest absolute Gasteiger partial charge is 0.493 e. The van der Waals surface area contributed by atoms with Gasteiger partial charge in [0.2, 0.25) is 0 Å². The summed E-state index contributed by atoms with van der Waals surface area (Å²) < 4.78 is 11.2. The second-order valence-electron chi connectivity index (χ2n) is 4.74. The summed E-state index contributed by atoms with van der Waals surface area (Å²) >= 11 is 6.32. The number of aliphatic carboxylic acids is 1. The highest BCUT2D eigenvalue weighted by atomic mass is 35.5. The summed E-state index contributed by atoms with van der Waals surface area (Å²) in [6.07, 6.45) is 1.26. The van der Waals surface area contributed by atoms with E-state index in [1.165, 1.54) is 0 Å². The monoisotopic (exact) mass is 283 g/mol. The SMILES string of the molecule is NC(CC(=O)O)c1c2c(c(Cl)c3c1OCC3)OCC2. The number of fused-ring (bicyclic) bond motifs is 2. The number of hydrogen-bond acceptors (Lipinski definition) is 4. The van der Waals surface area contributed by atoms with Crippen molar-refractivity contribution in [3.63, 3.8) is 0 Å². The van der Waals surface area contributed by atoms with Crippen LogP contribution in [0, 0.1) is 0 Å². The molecular formula is C13H14ClNO4. The topological polar surface area (TPSA) is 81.8 Å². The zero-order valence-electron chi connectivity index (χ0n) is 10.2. The van der Waals surface area contributed by atoms with Gasteiger partial charge in [-0.1, -0.05) is 11.6 Å². The van der Waals surface area contributed by atoms with Crippen molar-refractivity contribution in [2.24, 2.45) is 5.73 Å². The molecule has 0 spiro atoms. The minimum Gasteiger partial charge on any atom is -0.493 e. The Morgan fingerprint density at radius 2 is 1.89 bits per heavy atom. The molecule has 2 aliphatic rings. The summed E-state index contributed by atoms with van der Waals surface area (Å²) in [5, 5.41) is 9.51. The summed E-state index contributed by atoms with van der Waals surface area (Å²) in [7, 11) is 0. The lowest BCUT2D eigenvalue weighted by molar-refractivity contribution is -0.137. The van der Waals surface area contributed by atoms with Crippen LogP contribution in [0.3, 0.4) is 0 Å². The van der Waals surface area contributed by atoms with Crippen LogP contribution in [0.2, 0.25) is 5.02 Å². The Bertz CT molecular complexity index is 523. The number of rotatable bonds is 3. The molecule has 0 radical (unpaired) electrons. The minimum absolute atomic E-state index is 0.135. The molecule has 3 N–H and O–H groups in total. The molecular weight excluding hydrogens is 270 g/mol. The first-order chi connectivity index (χ1) is 9.09. The molecule has 0 aromatic heterocycles. The molecule has 5 nitrogen and oxygen atoms in total. The van der Waals surface area contributed by atoms with E-state index in [0.29, 0.717) is 42.6 Å². The van der Waals surface area contributed by atoms with E-state index in [1.54, 1.807) is 0 Å². The zero-order valence-corrected chi connectivity index (χ0v) is 11.0. The van der Waals surface area contributed by atoms with Crippen molar-refractivity contribution in [2.45, 2.75) is 25.3 Å². The van der Waals surface area contributed by atoms with Crippen molar-refractivity contribution < 1.29 is 19.4 Å². The number of ether oxygens (including phenoxy) is 2. The van der Waals surface area contributed by atoms with Crippen LogP contribution in [0.1, 0.15) is 29.2 Å². The maximum Gasteiger partial charge on any atom is 0.305 e. The second kappa shape index (κ2) is 4.58. The summed E-state index contributed by atoms with van der Waals surface area (Å²) in [4.78, 5) is 10.9. The van der Waals surface area contributed by atoms with E-state index in [4.69, 9.17) is 31.9 Å². The summed E-state index contributed by atoms with van der Waals surface area (Å²) in [5.41, 5.74) is 8.58. The zero-order chi connectivity index (χ0) is 13.6. The van der Waals surface area contributed by atoms with Crippen LogP contribution in [0.15, 0.2) is 0 Å². The molecule has 0 saturated carbocycles. The van der Waals surface area contributed by atoms with Crippen LogP contribution in [-0.2, 0) is 17.6 Å². The highest BCUT2D eigenvalue weighted by Gasteiger charge is 2.33. The lowest BCUT2D eigenvalue weighted by Crippen LogP contribution is -2.17. The molecule has 0 bridgehead atoms. The Balaban J connectivity index is 2.15. The summed E-state index contributed by atoms with van der Waals surface area (Å²) in [6, 6.07) is -0.600. The van der Waals surface area contributed by atoms with Gasteiger partial charge < -0.3 is 20.3 Å². The molecule has 0 fully saturated rings. The van der Waals surface area contributed by atoms with Crippen LogP contribution in [0.25, 0.3) is 0 Å². The number of benzene rings is 1. The summed E-state index contributed by atoms with van der Waals surface area (Å²) in [6.45, 7) is 1.09. The predicted molar refractivity (Wildman–Crippen MR) is 69.0 cm³/mol. The van der Waals surface area contributed by atoms with Crippen molar-refractivity contribution in [1.29, 1.82) is 0 Å². The van der Waals surface area contributed by atoms with Gasteiger partial charge in [-0.25, -0.2) is 0 Å². The molecule has 102 valence electrons. The molecule has 3 rings (SSSR count). The van der Waals surface area contributed by atoms with E-state index in [0.717, 1.165) is 16.7 Å². The lowest BCUT2D eigenvalue weighted by atomic mass is 9.93. The van der Waals surface area contributed by atoms with Crippen molar-refractivity contribution >= 4 is 17.6 Å². The van der Waals surface area contributed by atoms with Gasteiger partial charge in [0.05, 0.1) is 24.7 Å². The fourth-order valence-electron chi connectivity index (χ4n) is 2.77. The molecule has 0 amide bonds. The van der Waals surface area contributed by atoms with Gasteiger partial charge in [0, 0.05) is 35.6 Å². The van der Waals surface area contributed by atoms with Gasteiger partial charge >= 0.3 is 5.97 Å². The average molecular weight is 284 g/mol. The number of nitrogens with two attached hydrogens (primary N) is 1. The fraction of sp³-hybridized carbons (Fsp3) is 0.462. The third-order valence-electron chi connectivity index (χ3n) is 3.54. The van der Waals surface area contributed by atoms with E-state index < -0.39 is 12.0 Å². The highest BCUT2D eigenvalue weighted by Crippen LogP contribution is 2.49. The Kier molecular flexibility index (Phi) is 3.03. The van der Waals surface area contributed by atoms with Gasteiger partial charge in [0.15, 0.2) is 0 Å². The molecule has 0 saturated heterocycles. The molecule has 2 heterocycles. The molecule has 1 unspecified atom stereocenters. The first kappa shape index (κ1) is 12.6. The van der Waals surface area contributed by atoms with Gasteiger partial charge in [0.1, 0.15) is 11.5 Å².